The molecule has 5 nitrogen and oxygen atoms in total. The van der Waals surface area contributed by atoms with E-state index in [0.29, 0.717) is 30.5 Å². The maximum absolute atomic E-state index is 13.0. The number of aliphatic hydroxyl groups is 1. The van der Waals surface area contributed by atoms with Crippen molar-refractivity contribution < 1.29 is 14.6 Å². The van der Waals surface area contributed by atoms with Crippen LogP contribution in [0.4, 0.5) is 0 Å². The number of hydrogen-bond donors (Lipinski definition) is 2. The van der Waals surface area contributed by atoms with Gasteiger partial charge in [-0.05, 0) is 48.4 Å². The standard InChI is InChI=1S/C25H26N2O3/c1-17-5-4-6-19(11-17)13-26-24(29)23-12-21(22-8-3-2-7-20(22)15-28)14-27-25(23)30-16-18-9-10-18/h2-8,11-12,14,18,28H,9-10,13,15-16H2,1H3,(H,26,29). The maximum atomic E-state index is 13.0. The number of nitrogens with one attached hydrogen (secondary N) is 1. The fraction of sp³-hybridized carbons (Fsp3) is 0.280. The van der Waals surface area contributed by atoms with Gasteiger partial charge in [-0.1, -0.05) is 54.1 Å². The fourth-order valence-corrected chi connectivity index (χ4v) is 3.40. The summed E-state index contributed by atoms with van der Waals surface area (Å²) in [7, 11) is 0. The number of carbonyl (C=O) groups is 1. The average Bonchev–Trinajstić information content (AvgIpc) is 3.60. The predicted molar refractivity (Wildman–Crippen MR) is 116 cm³/mol. The van der Waals surface area contributed by atoms with Crippen LogP contribution >= 0.6 is 0 Å². The predicted octanol–water partition coefficient (Wildman–Crippen LogP) is 4.27. The normalized spacial score (nSPS) is 13.1. The van der Waals surface area contributed by atoms with Crippen LogP contribution in [0.25, 0.3) is 11.1 Å². The Morgan fingerprint density at radius 2 is 2.00 bits per heavy atom. The van der Waals surface area contributed by atoms with Gasteiger partial charge in [-0.25, -0.2) is 4.98 Å². The van der Waals surface area contributed by atoms with Crippen molar-refractivity contribution in [2.24, 2.45) is 5.92 Å². The van der Waals surface area contributed by atoms with Crippen LogP contribution < -0.4 is 10.1 Å². The zero-order chi connectivity index (χ0) is 20.9. The minimum absolute atomic E-state index is 0.0784. The Hall–Kier alpha value is -3.18. The molecule has 2 N–H and O–H groups in total. The zero-order valence-electron chi connectivity index (χ0n) is 17.1. The summed E-state index contributed by atoms with van der Waals surface area (Å²) in [5.74, 6) is 0.691. The summed E-state index contributed by atoms with van der Waals surface area (Å²) in [6.07, 6.45) is 4.03. The van der Waals surface area contributed by atoms with Gasteiger partial charge >= 0.3 is 0 Å². The first-order chi connectivity index (χ1) is 14.6. The number of aliphatic hydroxyl groups excluding tert-OH is 1. The average molecular weight is 402 g/mol. The van der Waals surface area contributed by atoms with Crippen LogP contribution in [-0.4, -0.2) is 22.6 Å². The lowest BCUT2D eigenvalue weighted by Gasteiger charge is -2.14. The molecule has 0 atom stereocenters. The maximum Gasteiger partial charge on any atom is 0.257 e. The number of nitrogens with zero attached hydrogens (tertiary/aromatic N) is 1. The zero-order valence-corrected chi connectivity index (χ0v) is 17.1. The molecule has 5 heteroatoms. The highest BCUT2D eigenvalue weighted by atomic mass is 16.5. The van der Waals surface area contributed by atoms with Gasteiger partial charge in [0.15, 0.2) is 0 Å². The number of hydrogen-bond acceptors (Lipinski definition) is 4. The summed E-state index contributed by atoms with van der Waals surface area (Å²) in [5.41, 5.74) is 5.02. The first-order valence-electron chi connectivity index (χ1n) is 10.3. The molecule has 0 unspecified atom stereocenters. The second kappa shape index (κ2) is 9.09. The van der Waals surface area contributed by atoms with Gasteiger partial charge in [0.05, 0.1) is 13.2 Å². The Balaban J connectivity index is 1.60. The van der Waals surface area contributed by atoms with Gasteiger partial charge in [-0.3, -0.25) is 4.79 Å². The third-order valence-corrected chi connectivity index (χ3v) is 5.28. The quantitative estimate of drug-likeness (QED) is 0.590. The van der Waals surface area contributed by atoms with Gasteiger partial charge in [0.1, 0.15) is 5.56 Å². The SMILES string of the molecule is Cc1cccc(CNC(=O)c2cc(-c3ccccc3CO)cnc2OCC2CC2)c1. The molecule has 0 radical (unpaired) electrons. The van der Waals surface area contributed by atoms with Gasteiger partial charge in [-0.2, -0.15) is 0 Å². The highest BCUT2D eigenvalue weighted by Crippen LogP contribution is 2.31. The summed E-state index contributed by atoms with van der Waals surface area (Å²) in [6, 6.07) is 17.4. The lowest BCUT2D eigenvalue weighted by atomic mass is 10.00. The summed E-state index contributed by atoms with van der Waals surface area (Å²) >= 11 is 0. The molecule has 1 aliphatic rings. The van der Waals surface area contributed by atoms with Crippen molar-refractivity contribution in [3.05, 3.63) is 83.0 Å². The number of ether oxygens (including phenoxy) is 1. The summed E-state index contributed by atoms with van der Waals surface area (Å²) in [5, 5.41) is 12.7. The van der Waals surface area contributed by atoms with E-state index in [1.54, 1.807) is 12.3 Å². The minimum atomic E-state index is -0.224. The first-order valence-corrected chi connectivity index (χ1v) is 10.3. The minimum Gasteiger partial charge on any atom is -0.477 e. The lowest BCUT2D eigenvalue weighted by Crippen LogP contribution is -2.24. The third kappa shape index (κ3) is 4.86. The largest absolute Gasteiger partial charge is 0.477 e. The second-order valence-corrected chi connectivity index (χ2v) is 7.82. The Labute approximate surface area is 176 Å². The first kappa shape index (κ1) is 20.1. The molecule has 0 saturated heterocycles. The number of carbonyl (C=O) groups excluding carboxylic acids is 1. The summed E-state index contributed by atoms with van der Waals surface area (Å²) < 4.78 is 5.88. The van der Waals surface area contributed by atoms with Crippen molar-refractivity contribution in [3.63, 3.8) is 0 Å². The van der Waals surface area contributed by atoms with E-state index in [9.17, 15) is 9.90 Å². The van der Waals surface area contributed by atoms with Crippen molar-refractivity contribution in [1.82, 2.24) is 10.3 Å². The number of aromatic nitrogens is 1. The van der Waals surface area contributed by atoms with Gasteiger partial charge in [-0.15, -0.1) is 0 Å². The van der Waals surface area contributed by atoms with Gasteiger partial charge < -0.3 is 15.2 Å². The van der Waals surface area contributed by atoms with E-state index in [-0.39, 0.29) is 12.5 Å². The molecule has 1 heterocycles. The van der Waals surface area contributed by atoms with E-state index < -0.39 is 0 Å². The van der Waals surface area contributed by atoms with Gasteiger partial charge in [0.2, 0.25) is 5.88 Å². The second-order valence-electron chi connectivity index (χ2n) is 7.82. The topological polar surface area (TPSA) is 71.5 Å². The van der Waals surface area contributed by atoms with Crippen LogP contribution in [0.3, 0.4) is 0 Å². The molecule has 2 aromatic carbocycles. The van der Waals surface area contributed by atoms with Crippen molar-refractivity contribution in [3.8, 4) is 17.0 Å². The molecule has 1 aromatic heterocycles. The summed E-state index contributed by atoms with van der Waals surface area (Å²) in [4.78, 5) is 17.5. The highest BCUT2D eigenvalue weighted by Gasteiger charge is 2.24. The van der Waals surface area contributed by atoms with Crippen LogP contribution in [-0.2, 0) is 13.2 Å². The molecular weight excluding hydrogens is 376 g/mol. The van der Waals surface area contributed by atoms with Crippen LogP contribution in [0.5, 0.6) is 5.88 Å². The van der Waals surface area contributed by atoms with Crippen LogP contribution in [0.15, 0.2) is 60.8 Å². The Kier molecular flexibility index (Phi) is 6.10. The molecule has 0 bridgehead atoms. The molecular formula is C25H26N2O3. The van der Waals surface area contributed by atoms with Crippen LogP contribution in [0.2, 0.25) is 0 Å². The molecule has 30 heavy (non-hydrogen) atoms. The Morgan fingerprint density at radius 3 is 2.77 bits per heavy atom. The summed E-state index contributed by atoms with van der Waals surface area (Å²) in [6.45, 7) is 2.96. The number of rotatable bonds is 8. The number of pyridine rings is 1. The van der Waals surface area contributed by atoms with E-state index >= 15 is 0 Å². The lowest BCUT2D eigenvalue weighted by molar-refractivity contribution is 0.0945. The molecule has 0 spiro atoms. The van der Waals surface area contributed by atoms with Crippen molar-refractivity contribution in [2.45, 2.75) is 32.9 Å². The molecule has 1 aliphatic carbocycles. The Morgan fingerprint density at radius 1 is 1.17 bits per heavy atom. The third-order valence-electron chi connectivity index (χ3n) is 5.28. The molecule has 0 aliphatic heterocycles. The number of aryl methyl sites for hydroxylation is 1. The smallest absolute Gasteiger partial charge is 0.257 e. The van der Waals surface area contributed by atoms with E-state index in [0.717, 1.165) is 40.7 Å². The van der Waals surface area contributed by atoms with E-state index in [1.165, 1.54) is 0 Å². The van der Waals surface area contributed by atoms with Gasteiger partial charge in [0, 0.05) is 18.3 Å². The molecule has 1 saturated carbocycles. The number of amides is 1. The van der Waals surface area contributed by atoms with E-state index in [2.05, 4.69) is 16.4 Å². The van der Waals surface area contributed by atoms with E-state index in [1.807, 2.05) is 49.4 Å². The van der Waals surface area contributed by atoms with Crippen LogP contribution in [0.1, 0.15) is 39.9 Å². The molecule has 3 aromatic rings. The molecule has 4 rings (SSSR count). The number of benzene rings is 2. The van der Waals surface area contributed by atoms with Crippen molar-refractivity contribution in [1.29, 1.82) is 0 Å². The van der Waals surface area contributed by atoms with Crippen LogP contribution in [0, 0.1) is 12.8 Å². The highest BCUT2D eigenvalue weighted by molar-refractivity contribution is 5.97. The molecule has 154 valence electrons. The van der Waals surface area contributed by atoms with E-state index in [4.69, 9.17) is 4.74 Å². The fourth-order valence-electron chi connectivity index (χ4n) is 3.40. The van der Waals surface area contributed by atoms with Crippen molar-refractivity contribution in [2.75, 3.05) is 6.61 Å². The van der Waals surface area contributed by atoms with Crippen molar-refractivity contribution >= 4 is 5.91 Å². The molecule has 1 fully saturated rings. The van der Waals surface area contributed by atoms with Gasteiger partial charge in [0.25, 0.3) is 5.91 Å². The molecule has 1 amide bonds. The Bertz CT molecular complexity index is 1040. The monoisotopic (exact) mass is 402 g/mol.